The van der Waals surface area contributed by atoms with Crippen molar-refractivity contribution < 1.29 is 43.9 Å². The SMILES string of the molecule is CC(=C(c1ccc(F)cc1)c1ccc(OCCN2CCCC2)cc1)c1ccccc1.O=C(O)CC(O)(CC(=O)O)C(=O)O. The number of aliphatic carboxylic acids is 3. The highest BCUT2D eigenvalue weighted by atomic mass is 19.1. The summed E-state index contributed by atoms with van der Waals surface area (Å²) < 4.78 is 19.5. The Labute approximate surface area is 249 Å². The first-order valence-electron chi connectivity index (χ1n) is 13.9. The zero-order valence-electron chi connectivity index (χ0n) is 23.9. The Morgan fingerprint density at radius 2 is 1.30 bits per heavy atom. The molecule has 4 rings (SSSR count). The van der Waals surface area contributed by atoms with Crippen molar-refractivity contribution >= 4 is 29.1 Å². The van der Waals surface area contributed by atoms with Gasteiger partial charge < -0.3 is 25.2 Å². The van der Waals surface area contributed by atoms with Gasteiger partial charge in [0.05, 0.1) is 12.8 Å². The van der Waals surface area contributed by atoms with Gasteiger partial charge in [-0.25, -0.2) is 9.18 Å². The van der Waals surface area contributed by atoms with Gasteiger partial charge in [-0.05, 0) is 85.0 Å². The largest absolute Gasteiger partial charge is 0.492 e. The van der Waals surface area contributed by atoms with Gasteiger partial charge in [-0.3, -0.25) is 14.5 Å². The highest BCUT2D eigenvalue weighted by Gasteiger charge is 2.40. The first-order valence-corrected chi connectivity index (χ1v) is 13.9. The number of ether oxygens (including phenoxy) is 1. The molecule has 3 aromatic rings. The molecule has 10 heteroatoms. The van der Waals surface area contributed by atoms with Gasteiger partial charge in [0.25, 0.3) is 0 Å². The van der Waals surface area contributed by atoms with Crippen molar-refractivity contribution in [3.8, 4) is 5.75 Å². The van der Waals surface area contributed by atoms with Crippen LogP contribution < -0.4 is 4.74 Å². The van der Waals surface area contributed by atoms with E-state index in [4.69, 9.17) is 25.2 Å². The number of rotatable bonds is 12. The third kappa shape index (κ3) is 10.1. The maximum atomic E-state index is 13.5. The molecule has 0 saturated carbocycles. The number of likely N-dealkylation sites (tertiary alicyclic amines) is 1. The van der Waals surface area contributed by atoms with Crippen LogP contribution in [0.25, 0.3) is 11.1 Å². The van der Waals surface area contributed by atoms with E-state index in [0.29, 0.717) is 6.61 Å². The molecule has 0 atom stereocenters. The molecule has 0 unspecified atom stereocenters. The summed E-state index contributed by atoms with van der Waals surface area (Å²) in [5, 5.41) is 33.8. The molecule has 0 radical (unpaired) electrons. The summed E-state index contributed by atoms with van der Waals surface area (Å²) >= 11 is 0. The first-order chi connectivity index (χ1) is 20.5. The molecule has 1 aliphatic heterocycles. The average Bonchev–Trinajstić information content (AvgIpc) is 3.48. The number of aliphatic hydroxyl groups is 1. The van der Waals surface area contributed by atoms with Gasteiger partial charge in [-0.15, -0.1) is 0 Å². The number of carbonyl (C=O) groups is 3. The fourth-order valence-electron chi connectivity index (χ4n) is 4.78. The van der Waals surface area contributed by atoms with Crippen LogP contribution in [-0.4, -0.2) is 75.1 Å². The monoisotopic (exact) mass is 593 g/mol. The summed E-state index contributed by atoms with van der Waals surface area (Å²) in [5.74, 6) is -4.36. The maximum absolute atomic E-state index is 13.5. The van der Waals surface area contributed by atoms with E-state index in [1.54, 1.807) is 0 Å². The third-order valence-electron chi connectivity index (χ3n) is 7.02. The van der Waals surface area contributed by atoms with E-state index in [9.17, 15) is 18.8 Å². The summed E-state index contributed by atoms with van der Waals surface area (Å²) in [6, 6.07) is 25.3. The number of nitrogens with zero attached hydrogens (tertiary/aromatic N) is 1. The molecule has 0 amide bonds. The molecule has 3 aromatic carbocycles. The molecule has 9 nitrogen and oxygen atoms in total. The van der Waals surface area contributed by atoms with Crippen LogP contribution in [0.1, 0.15) is 49.3 Å². The molecule has 0 spiro atoms. The molecule has 1 aliphatic rings. The minimum atomic E-state index is -2.74. The van der Waals surface area contributed by atoms with Crippen LogP contribution in [0, 0.1) is 5.82 Å². The van der Waals surface area contributed by atoms with Crippen molar-refractivity contribution in [3.63, 3.8) is 0 Å². The topological polar surface area (TPSA) is 145 Å². The van der Waals surface area contributed by atoms with Crippen molar-refractivity contribution in [2.75, 3.05) is 26.2 Å². The van der Waals surface area contributed by atoms with E-state index in [0.717, 1.165) is 40.1 Å². The lowest BCUT2D eigenvalue weighted by molar-refractivity contribution is -0.170. The molecule has 0 aromatic heterocycles. The number of halogens is 1. The van der Waals surface area contributed by atoms with Crippen molar-refractivity contribution in [2.24, 2.45) is 0 Å². The second-order valence-corrected chi connectivity index (χ2v) is 10.3. The van der Waals surface area contributed by atoms with Crippen LogP contribution in [0.15, 0.2) is 78.9 Å². The Morgan fingerprint density at radius 1 is 0.791 bits per heavy atom. The van der Waals surface area contributed by atoms with E-state index in [2.05, 4.69) is 36.1 Å². The Hall–Kier alpha value is -4.54. The predicted octanol–water partition coefficient (Wildman–Crippen LogP) is 5.03. The Bertz CT molecular complexity index is 1380. The number of carboxylic acid groups (broad SMARTS) is 3. The standard InChI is InChI=1S/C27H28FNO.C6H8O7/c1-21(22-7-3-2-4-8-22)27(23-9-13-25(28)14-10-23)24-11-15-26(16-12-24)30-20-19-29-17-5-6-18-29;7-3(8)1-6(13,5(11)12)2-4(9)10/h2-4,7-16H,5-6,17-20H2,1H3;13H,1-2H2,(H,7,8)(H,9,10)(H,11,12). The molecular weight excluding hydrogens is 557 g/mol. The van der Waals surface area contributed by atoms with E-state index < -0.39 is 36.4 Å². The Morgan fingerprint density at radius 3 is 1.79 bits per heavy atom. The van der Waals surface area contributed by atoms with Crippen molar-refractivity contribution in [2.45, 2.75) is 38.2 Å². The molecule has 0 aliphatic carbocycles. The molecule has 1 saturated heterocycles. The van der Waals surface area contributed by atoms with Gasteiger partial charge in [0, 0.05) is 6.54 Å². The highest BCUT2D eigenvalue weighted by Crippen LogP contribution is 2.33. The molecule has 1 fully saturated rings. The fraction of sp³-hybridized carbons (Fsp3) is 0.303. The predicted molar refractivity (Wildman–Crippen MR) is 159 cm³/mol. The van der Waals surface area contributed by atoms with Gasteiger partial charge in [0.1, 0.15) is 18.2 Å². The van der Waals surface area contributed by atoms with Gasteiger partial charge in [0.15, 0.2) is 5.60 Å². The second-order valence-electron chi connectivity index (χ2n) is 10.3. The van der Waals surface area contributed by atoms with E-state index in [-0.39, 0.29) is 5.82 Å². The van der Waals surface area contributed by atoms with Crippen LogP contribution in [0.5, 0.6) is 5.75 Å². The Kier molecular flexibility index (Phi) is 12.0. The van der Waals surface area contributed by atoms with E-state index in [1.807, 2.05) is 42.5 Å². The van der Waals surface area contributed by atoms with E-state index in [1.165, 1.54) is 38.1 Å². The van der Waals surface area contributed by atoms with Gasteiger partial charge >= 0.3 is 17.9 Å². The summed E-state index contributed by atoms with van der Waals surface area (Å²) in [5.41, 5.74) is 2.77. The molecule has 1 heterocycles. The van der Waals surface area contributed by atoms with Crippen LogP contribution in [0.2, 0.25) is 0 Å². The summed E-state index contributed by atoms with van der Waals surface area (Å²) in [6.07, 6.45) is 0.311. The van der Waals surface area contributed by atoms with Gasteiger partial charge in [-0.2, -0.15) is 0 Å². The minimum absolute atomic E-state index is 0.225. The summed E-state index contributed by atoms with van der Waals surface area (Å²) in [7, 11) is 0. The maximum Gasteiger partial charge on any atom is 0.336 e. The molecule has 43 heavy (non-hydrogen) atoms. The smallest absolute Gasteiger partial charge is 0.336 e. The molecule has 0 bridgehead atoms. The van der Waals surface area contributed by atoms with Crippen molar-refractivity contribution in [1.82, 2.24) is 4.90 Å². The number of hydrogen-bond donors (Lipinski definition) is 4. The number of benzene rings is 3. The second kappa shape index (κ2) is 15.6. The quantitative estimate of drug-likeness (QED) is 0.213. The number of hydrogen-bond acceptors (Lipinski definition) is 6. The third-order valence-corrected chi connectivity index (χ3v) is 7.02. The zero-order valence-corrected chi connectivity index (χ0v) is 23.9. The van der Waals surface area contributed by atoms with Gasteiger partial charge in [0.2, 0.25) is 0 Å². The average molecular weight is 594 g/mol. The Balaban J connectivity index is 0.000000331. The molecule has 4 N–H and O–H groups in total. The lowest BCUT2D eigenvalue weighted by atomic mass is 9.90. The zero-order chi connectivity index (χ0) is 31.4. The van der Waals surface area contributed by atoms with E-state index >= 15 is 0 Å². The summed E-state index contributed by atoms with van der Waals surface area (Å²) in [6.45, 7) is 6.19. The lowest BCUT2D eigenvalue weighted by Crippen LogP contribution is -2.42. The fourth-order valence-corrected chi connectivity index (χ4v) is 4.78. The number of allylic oxidation sites excluding steroid dienone is 1. The van der Waals surface area contributed by atoms with Crippen LogP contribution in [-0.2, 0) is 14.4 Å². The lowest BCUT2D eigenvalue weighted by Gasteiger charge is -2.18. The van der Waals surface area contributed by atoms with Crippen molar-refractivity contribution in [1.29, 1.82) is 0 Å². The molecule has 228 valence electrons. The van der Waals surface area contributed by atoms with Crippen LogP contribution >= 0.6 is 0 Å². The van der Waals surface area contributed by atoms with Crippen molar-refractivity contribution in [3.05, 3.63) is 101 Å². The van der Waals surface area contributed by atoms with Crippen LogP contribution in [0.4, 0.5) is 4.39 Å². The minimum Gasteiger partial charge on any atom is -0.492 e. The highest BCUT2D eigenvalue weighted by molar-refractivity contribution is 5.97. The number of carboxylic acids is 3. The molecular formula is C33H36FNO8. The summed E-state index contributed by atoms with van der Waals surface area (Å²) in [4.78, 5) is 32.9. The van der Waals surface area contributed by atoms with Crippen LogP contribution in [0.3, 0.4) is 0 Å². The normalized spacial score (nSPS) is 13.8. The van der Waals surface area contributed by atoms with Gasteiger partial charge in [-0.1, -0.05) is 54.6 Å². The first kappa shape index (κ1) is 33.0.